The lowest BCUT2D eigenvalue weighted by Crippen LogP contribution is -2.33. The van der Waals surface area contributed by atoms with Gasteiger partial charge in [0.2, 0.25) is 5.91 Å². The summed E-state index contributed by atoms with van der Waals surface area (Å²) in [5, 5.41) is 1.66. The molecule has 26 heavy (non-hydrogen) atoms. The Hall–Kier alpha value is -2.25. The van der Waals surface area contributed by atoms with Crippen molar-refractivity contribution in [2.24, 2.45) is 0 Å². The van der Waals surface area contributed by atoms with Crippen molar-refractivity contribution in [2.45, 2.75) is 17.9 Å². The third kappa shape index (κ3) is 4.89. The number of methoxy groups -OCH3 is 2. The van der Waals surface area contributed by atoms with Crippen molar-refractivity contribution in [2.75, 3.05) is 19.5 Å². The SMILES string of the molecule is COc1cccc(CS(=O)(=O)C(C)C(=O)Nc2ccc(OC)c(Cl)c2)c1. The zero-order valence-electron chi connectivity index (χ0n) is 14.7. The fourth-order valence-corrected chi connectivity index (χ4v) is 3.81. The van der Waals surface area contributed by atoms with Crippen molar-refractivity contribution >= 4 is 33.0 Å². The highest BCUT2D eigenvalue weighted by molar-refractivity contribution is 7.92. The predicted molar refractivity (Wildman–Crippen MR) is 102 cm³/mol. The third-order valence-corrected chi connectivity index (χ3v) is 6.15. The van der Waals surface area contributed by atoms with Crippen molar-refractivity contribution in [3.8, 4) is 11.5 Å². The van der Waals surface area contributed by atoms with E-state index >= 15 is 0 Å². The second kappa shape index (κ2) is 8.42. The lowest BCUT2D eigenvalue weighted by Gasteiger charge is -2.14. The van der Waals surface area contributed by atoms with Gasteiger partial charge in [0.05, 0.1) is 25.0 Å². The van der Waals surface area contributed by atoms with Crippen LogP contribution in [0.1, 0.15) is 12.5 Å². The van der Waals surface area contributed by atoms with Crippen molar-refractivity contribution in [1.29, 1.82) is 0 Å². The molecule has 0 saturated carbocycles. The number of rotatable bonds is 7. The maximum absolute atomic E-state index is 12.6. The summed E-state index contributed by atoms with van der Waals surface area (Å²) in [4.78, 5) is 12.3. The van der Waals surface area contributed by atoms with Gasteiger partial charge in [-0.05, 0) is 42.8 Å². The molecule has 0 aromatic heterocycles. The first-order valence-electron chi connectivity index (χ1n) is 7.75. The first-order valence-corrected chi connectivity index (χ1v) is 9.85. The molecule has 0 fully saturated rings. The van der Waals surface area contributed by atoms with E-state index in [9.17, 15) is 13.2 Å². The molecule has 6 nitrogen and oxygen atoms in total. The lowest BCUT2D eigenvalue weighted by atomic mass is 10.2. The Morgan fingerprint density at radius 1 is 1.15 bits per heavy atom. The van der Waals surface area contributed by atoms with Gasteiger partial charge >= 0.3 is 0 Å². The molecular formula is C18H20ClNO5S. The summed E-state index contributed by atoms with van der Waals surface area (Å²) in [6.07, 6.45) is 0. The average molecular weight is 398 g/mol. The molecule has 0 heterocycles. The minimum atomic E-state index is -3.71. The van der Waals surface area contributed by atoms with Crippen LogP contribution in [0, 0.1) is 0 Å². The Morgan fingerprint density at radius 2 is 1.88 bits per heavy atom. The standard InChI is InChI=1S/C18H20ClNO5S/c1-12(18(21)20-14-7-8-17(25-3)16(19)10-14)26(22,23)11-13-5-4-6-15(9-13)24-2/h4-10,12H,11H2,1-3H3,(H,20,21). The van der Waals surface area contributed by atoms with E-state index in [0.29, 0.717) is 27.8 Å². The fourth-order valence-electron chi connectivity index (χ4n) is 2.27. The number of hydrogen-bond acceptors (Lipinski definition) is 5. The minimum Gasteiger partial charge on any atom is -0.497 e. The molecule has 0 aliphatic rings. The van der Waals surface area contributed by atoms with Gasteiger partial charge < -0.3 is 14.8 Å². The Bertz CT molecular complexity index is 898. The van der Waals surface area contributed by atoms with Gasteiger partial charge in [-0.15, -0.1) is 0 Å². The Labute approximate surface area is 158 Å². The monoisotopic (exact) mass is 397 g/mol. The molecule has 0 aliphatic heterocycles. The smallest absolute Gasteiger partial charge is 0.242 e. The van der Waals surface area contributed by atoms with Crippen LogP contribution in [0.3, 0.4) is 0 Å². The van der Waals surface area contributed by atoms with Gasteiger partial charge in [-0.25, -0.2) is 8.42 Å². The summed E-state index contributed by atoms with van der Waals surface area (Å²) in [6.45, 7) is 1.36. The second-order valence-electron chi connectivity index (χ2n) is 5.64. The quantitative estimate of drug-likeness (QED) is 0.775. The van der Waals surface area contributed by atoms with Crippen molar-refractivity contribution in [1.82, 2.24) is 0 Å². The molecule has 1 unspecified atom stereocenters. The maximum Gasteiger partial charge on any atom is 0.242 e. The van der Waals surface area contributed by atoms with Gasteiger partial charge in [-0.1, -0.05) is 23.7 Å². The summed E-state index contributed by atoms with van der Waals surface area (Å²) in [5.74, 6) is 0.127. The van der Waals surface area contributed by atoms with Crippen molar-refractivity contribution in [3.63, 3.8) is 0 Å². The number of anilines is 1. The van der Waals surface area contributed by atoms with Gasteiger partial charge in [-0.3, -0.25) is 4.79 Å². The van der Waals surface area contributed by atoms with Crippen LogP contribution in [0.25, 0.3) is 0 Å². The summed E-state index contributed by atoms with van der Waals surface area (Å²) in [7, 11) is -0.723. The van der Waals surface area contributed by atoms with Crippen molar-refractivity contribution in [3.05, 3.63) is 53.1 Å². The van der Waals surface area contributed by atoms with Gasteiger partial charge in [0.15, 0.2) is 9.84 Å². The van der Waals surface area contributed by atoms with Gasteiger partial charge in [0.1, 0.15) is 16.7 Å². The number of nitrogens with one attached hydrogen (secondary N) is 1. The first kappa shape index (κ1) is 20.1. The number of benzene rings is 2. The Balaban J connectivity index is 2.11. The van der Waals surface area contributed by atoms with Crippen LogP contribution >= 0.6 is 11.6 Å². The Morgan fingerprint density at radius 3 is 2.50 bits per heavy atom. The average Bonchev–Trinajstić information content (AvgIpc) is 2.61. The highest BCUT2D eigenvalue weighted by atomic mass is 35.5. The van der Waals surface area contributed by atoms with E-state index in [4.69, 9.17) is 21.1 Å². The zero-order valence-corrected chi connectivity index (χ0v) is 16.2. The number of carbonyl (C=O) groups is 1. The summed E-state index contributed by atoms with van der Waals surface area (Å²) < 4.78 is 35.2. The molecule has 1 amide bonds. The molecule has 8 heteroatoms. The molecule has 0 bridgehead atoms. The predicted octanol–water partition coefficient (Wildman–Crippen LogP) is 3.30. The summed E-state index contributed by atoms with van der Waals surface area (Å²) in [6, 6.07) is 11.4. The van der Waals surface area contributed by atoms with E-state index in [1.165, 1.54) is 27.2 Å². The largest absolute Gasteiger partial charge is 0.497 e. The van der Waals surface area contributed by atoms with E-state index in [-0.39, 0.29) is 5.75 Å². The molecule has 2 aromatic rings. The number of halogens is 1. The molecule has 0 aliphatic carbocycles. The topological polar surface area (TPSA) is 81.7 Å². The third-order valence-electron chi connectivity index (χ3n) is 3.83. The van der Waals surface area contributed by atoms with E-state index in [2.05, 4.69) is 5.32 Å². The number of sulfone groups is 1. The van der Waals surface area contributed by atoms with Gasteiger partial charge in [0, 0.05) is 5.69 Å². The number of amides is 1. The molecule has 1 atom stereocenters. The van der Waals surface area contributed by atoms with Gasteiger partial charge in [0.25, 0.3) is 0 Å². The van der Waals surface area contributed by atoms with Crippen LogP contribution in [0.5, 0.6) is 11.5 Å². The van der Waals surface area contributed by atoms with Crippen LogP contribution in [0.2, 0.25) is 5.02 Å². The molecule has 0 saturated heterocycles. The van der Waals surface area contributed by atoms with Crippen LogP contribution < -0.4 is 14.8 Å². The fraction of sp³-hybridized carbons (Fsp3) is 0.278. The van der Waals surface area contributed by atoms with Crippen LogP contribution in [0.15, 0.2) is 42.5 Å². The van der Waals surface area contributed by atoms with E-state index in [0.717, 1.165) is 0 Å². The summed E-state index contributed by atoms with van der Waals surface area (Å²) in [5.41, 5.74) is 0.945. The highest BCUT2D eigenvalue weighted by Crippen LogP contribution is 2.27. The van der Waals surface area contributed by atoms with Crippen molar-refractivity contribution < 1.29 is 22.7 Å². The van der Waals surface area contributed by atoms with Gasteiger partial charge in [-0.2, -0.15) is 0 Å². The molecule has 2 rings (SSSR count). The van der Waals surface area contributed by atoms with E-state index in [1.807, 2.05) is 0 Å². The van der Waals surface area contributed by atoms with Crippen LogP contribution in [-0.2, 0) is 20.4 Å². The molecular weight excluding hydrogens is 378 g/mol. The molecule has 2 aromatic carbocycles. The zero-order chi connectivity index (χ0) is 19.3. The molecule has 0 radical (unpaired) electrons. The second-order valence-corrected chi connectivity index (χ2v) is 8.37. The maximum atomic E-state index is 12.6. The molecule has 0 spiro atoms. The normalized spacial score (nSPS) is 12.3. The van der Waals surface area contributed by atoms with E-state index < -0.39 is 21.0 Å². The summed E-state index contributed by atoms with van der Waals surface area (Å²) >= 11 is 6.01. The molecule has 140 valence electrons. The number of carbonyl (C=O) groups excluding carboxylic acids is 1. The molecule has 1 N–H and O–H groups in total. The van der Waals surface area contributed by atoms with Crippen LogP contribution in [0.4, 0.5) is 5.69 Å². The minimum absolute atomic E-state index is 0.262. The van der Waals surface area contributed by atoms with E-state index in [1.54, 1.807) is 36.4 Å². The first-order chi connectivity index (χ1) is 12.3. The lowest BCUT2D eigenvalue weighted by molar-refractivity contribution is -0.115. The van der Waals surface area contributed by atoms with Crippen LogP contribution in [-0.4, -0.2) is 33.8 Å². The number of hydrogen-bond donors (Lipinski definition) is 1. The number of ether oxygens (including phenoxy) is 2. The highest BCUT2D eigenvalue weighted by Gasteiger charge is 2.28. The Kier molecular flexibility index (Phi) is 6.50.